The van der Waals surface area contributed by atoms with Gasteiger partial charge in [-0.2, -0.15) is 0 Å². The van der Waals surface area contributed by atoms with Crippen LogP contribution in [0.15, 0.2) is 48.5 Å². The second kappa shape index (κ2) is 9.54. The summed E-state index contributed by atoms with van der Waals surface area (Å²) < 4.78 is 13.7. The van der Waals surface area contributed by atoms with E-state index < -0.39 is 11.7 Å². The summed E-state index contributed by atoms with van der Waals surface area (Å²) in [5, 5.41) is 2.68. The SMILES string of the molecule is CC(=O)N(CCNC(=O)c1ccccc1F)c1ccc(N2CCC(C)CC2)cc1. The van der Waals surface area contributed by atoms with Crippen LogP contribution in [0.25, 0.3) is 0 Å². The zero-order chi connectivity index (χ0) is 20.8. The maximum absolute atomic E-state index is 13.7. The third-order valence-corrected chi connectivity index (χ3v) is 5.43. The van der Waals surface area contributed by atoms with Crippen molar-refractivity contribution in [3.8, 4) is 0 Å². The van der Waals surface area contributed by atoms with Crippen LogP contribution in [0.3, 0.4) is 0 Å². The fourth-order valence-corrected chi connectivity index (χ4v) is 3.60. The van der Waals surface area contributed by atoms with Crippen molar-refractivity contribution in [1.82, 2.24) is 5.32 Å². The van der Waals surface area contributed by atoms with Crippen molar-refractivity contribution in [2.24, 2.45) is 5.92 Å². The third-order valence-electron chi connectivity index (χ3n) is 5.43. The number of hydrogen-bond acceptors (Lipinski definition) is 3. The Bertz CT molecular complexity index is 845. The number of nitrogens with one attached hydrogen (secondary N) is 1. The predicted molar refractivity (Wildman–Crippen MR) is 114 cm³/mol. The molecule has 0 aliphatic carbocycles. The largest absolute Gasteiger partial charge is 0.372 e. The monoisotopic (exact) mass is 397 g/mol. The topological polar surface area (TPSA) is 52.7 Å². The molecule has 2 amide bonds. The molecule has 1 N–H and O–H groups in total. The number of carbonyl (C=O) groups excluding carboxylic acids is 2. The van der Waals surface area contributed by atoms with Crippen LogP contribution in [0, 0.1) is 11.7 Å². The molecule has 1 heterocycles. The summed E-state index contributed by atoms with van der Waals surface area (Å²) >= 11 is 0. The number of carbonyl (C=O) groups is 2. The number of benzene rings is 2. The number of nitrogens with zero attached hydrogens (tertiary/aromatic N) is 2. The van der Waals surface area contributed by atoms with Crippen molar-refractivity contribution < 1.29 is 14.0 Å². The minimum absolute atomic E-state index is 0.00192. The fraction of sp³-hybridized carbons (Fsp3) is 0.391. The van der Waals surface area contributed by atoms with Gasteiger partial charge in [0.2, 0.25) is 5.91 Å². The summed E-state index contributed by atoms with van der Waals surface area (Å²) in [6.07, 6.45) is 2.39. The first kappa shape index (κ1) is 20.8. The number of hydrogen-bond donors (Lipinski definition) is 1. The molecule has 29 heavy (non-hydrogen) atoms. The van der Waals surface area contributed by atoms with E-state index in [9.17, 15) is 14.0 Å². The van der Waals surface area contributed by atoms with Crippen molar-refractivity contribution in [1.29, 1.82) is 0 Å². The highest BCUT2D eigenvalue weighted by Gasteiger charge is 2.17. The van der Waals surface area contributed by atoms with Crippen molar-refractivity contribution >= 4 is 23.2 Å². The molecule has 1 saturated heterocycles. The highest BCUT2D eigenvalue weighted by atomic mass is 19.1. The molecule has 0 atom stereocenters. The lowest BCUT2D eigenvalue weighted by atomic mass is 9.99. The van der Waals surface area contributed by atoms with E-state index in [0.29, 0.717) is 6.54 Å². The van der Waals surface area contributed by atoms with Gasteiger partial charge in [-0.3, -0.25) is 9.59 Å². The minimum Gasteiger partial charge on any atom is -0.372 e. The highest BCUT2D eigenvalue weighted by Crippen LogP contribution is 2.25. The predicted octanol–water partition coefficient (Wildman–Crippen LogP) is 3.84. The van der Waals surface area contributed by atoms with Crippen LogP contribution in [0.1, 0.15) is 37.0 Å². The Morgan fingerprint density at radius 2 is 1.76 bits per heavy atom. The Kier molecular flexibility index (Phi) is 6.86. The van der Waals surface area contributed by atoms with E-state index in [2.05, 4.69) is 17.1 Å². The Labute approximate surface area is 171 Å². The number of amides is 2. The summed E-state index contributed by atoms with van der Waals surface area (Å²) in [4.78, 5) is 28.2. The van der Waals surface area contributed by atoms with Crippen LogP contribution in [-0.4, -0.2) is 38.0 Å². The summed E-state index contributed by atoms with van der Waals surface area (Å²) in [6, 6.07) is 13.8. The van der Waals surface area contributed by atoms with E-state index in [1.165, 1.54) is 38.0 Å². The molecule has 1 aliphatic heterocycles. The Balaban J connectivity index is 1.59. The van der Waals surface area contributed by atoms with Gasteiger partial charge in [0.1, 0.15) is 5.82 Å². The van der Waals surface area contributed by atoms with Gasteiger partial charge in [-0.25, -0.2) is 4.39 Å². The summed E-state index contributed by atoms with van der Waals surface area (Å²) in [5.74, 6) is -0.375. The summed E-state index contributed by atoms with van der Waals surface area (Å²) in [5.41, 5.74) is 1.95. The second-order valence-corrected chi connectivity index (χ2v) is 7.59. The molecule has 0 unspecified atom stereocenters. The molecule has 1 fully saturated rings. The first-order chi connectivity index (χ1) is 14.0. The van der Waals surface area contributed by atoms with E-state index >= 15 is 0 Å². The van der Waals surface area contributed by atoms with E-state index in [0.717, 1.165) is 30.4 Å². The van der Waals surface area contributed by atoms with Gasteiger partial charge in [-0.15, -0.1) is 0 Å². The molecular formula is C23H28FN3O2. The lowest BCUT2D eigenvalue weighted by Crippen LogP contribution is -2.38. The Morgan fingerprint density at radius 1 is 1.10 bits per heavy atom. The molecular weight excluding hydrogens is 369 g/mol. The van der Waals surface area contributed by atoms with Gasteiger partial charge in [-0.1, -0.05) is 19.1 Å². The maximum Gasteiger partial charge on any atom is 0.254 e. The first-order valence-electron chi connectivity index (χ1n) is 10.1. The first-order valence-corrected chi connectivity index (χ1v) is 10.1. The Hall–Kier alpha value is -2.89. The molecule has 2 aromatic rings. The quantitative estimate of drug-likeness (QED) is 0.806. The minimum atomic E-state index is -0.559. The molecule has 0 bridgehead atoms. The number of halogens is 1. The van der Waals surface area contributed by atoms with Crippen LogP contribution in [0.5, 0.6) is 0 Å². The third kappa shape index (κ3) is 5.34. The zero-order valence-corrected chi connectivity index (χ0v) is 17.0. The molecule has 0 radical (unpaired) electrons. The molecule has 0 spiro atoms. The van der Waals surface area contributed by atoms with Gasteiger partial charge in [0.05, 0.1) is 5.56 Å². The molecule has 5 nitrogen and oxygen atoms in total. The molecule has 2 aromatic carbocycles. The van der Waals surface area contributed by atoms with Crippen molar-refractivity contribution in [2.75, 3.05) is 36.0 Å². The normalized spacial score (nSPS) is 14.5. The van der Waals surface area contributed by atoms with Gasteiger partial charge < -0.3 is 15.1 Å². The van der Waals surface area contributed by atoms with E-state index in [1.54, 1.807) is 11.0 Å². The van der Waals surface area contributed by atoms with E-state index in [-0.39, 0.29) is 18.0 Å². The number of rotatable bonds is 6. The van der Waals surface area contributed by atoms with Gasteiger partial charge in [-0.05, 0) is 55.2 Å². The van der Waals surface area contributed by atoms with Gasteiger partial charge in [0, 0.05) is 44.5 Å². The zero-order valence-electron chi connectivity index (χ0n) is 17.0. The standard InChI is InChI=1S/C23H28FN3O2/c1-17-11-14-26(15-12-17)19-7-9-20(10-8-19)27(18(2)28)16-13-25-23(29)21-5-3-4-6-22(21)24/h3-10,17H,11-16H2,1-2H3,(H,25,29). The van der Waals surface area contributed by atoms with Crippen LogP contribution < -0.4 is 15.1 Å². The van der Waals surface area contributed by atoms with E-state index in [1.807, 2.05) is 24.3 Å². The number of anilines is 2. The molecule has 154 valence electrons. The fourth-order valence-electron chi connectivity index (χ4n) is 3.60. The summed E-state index contributed by atoms with van der Waals surface area (Å²) in [6.45, 7) is 6.45. The lowest BCUT2D eigenvalue weighted by Gasteiger charge is -2.32. The summed E-state index contributed by atoms with van der Waals surface area (Å²) in [7, 11) is 0. The van der Waals surface area contributed by atoms with Crippen molar-refractivity contribution in [3.05, 3.63) is 59.9 Å². The van der Waals surface area contributed by atoms with Crippen LogP contribution >= 0.6 is 0 Å². The van der Waals surface area contributed by atoms with Crippen LogP contribution in [0.2, 0.25) is 0 Å². The second-order valence-electron chi connectivity index (χ2n) is 7.59. The van der Waals surface area contributed by atoms with Crippen LogP contribution in [0.4, 0.5) is 15.8 Å². The average Bonchev–Trinajstić information content (AvgIpc) is 2.72. The lowest BCUT2D eigenvalue weighted by molar-refractivity contribution is -0.116. The van der Waals surface area contributed by atoms with Crippen molar-refractivity contribution in [2.45, 2.75) is 26.7 Å². The van der Waals surface area contributed by atoms with Gasteiger partial charge in [0.15, 0.2) is 0 Å². The highest BCUT2D eigenvalue weighted by molar-refractivity contribution is 5.95. The molecule has 6 heteroatoms. The maximum atomic E-state index is 13.7. The molecule has 0 aromatic heterocycles. The number of piperidine rings is 1. The molecule has 1 aliphatic rings. The van der Waals surface area contributed by atoms with E-state index in [4.69, 9.17) is 0 Å². The van der Waals surface area contributed by atoms with Crippen molar-refractivity contribution in [3.63, 3.8) is 0 Å². The smallest absolute Gasteiger partial charge is 0.254 e. The average molecular weight is 397 g/mol. The van der Waals surface area contributed by atoms with Crippen LogP contribution in [-0.2, 0) is 4.79 Å². The molecule has 3 rings (SSSR count). The Morgan fingerprint density at radius 3 is 2.38 bits per heavy atom. The van der Waals surface area contributed by atoms with Gasteiger partial charge >= 0.3 is 0 Å². The van der Waals surface area contributed by atoms with Gasteiger partial charge in [0.25, 0.3) is 5.91 Å². The molecule has 0 saturated carbocycles.